The normalized spacial score (nSPS) is 34.1. The Morgan fingerprint density at radius 2 is 1.95 bits per heavy atom. The van der Waals surface area contributed by atoms with Crippen molar-refractivity contribution in [3.63, 3.8) is 0 Å². The minimum absolute atomic E-state index is 0.0848. The Hall–Kier alpha value is -0.700. The fraction of sp³-hybridized carbons (Fsp3) is 0.923. The number of hydrogen-bond acceptors (Lipinski definition) is 5. The fourth-order valence-electron chi connectivity index (χ4n) is 3.31. The Morgan fingerprint density at radius 3 is 2.62 bits per heavy atom. The van der Waals surface area contributed by atoms with Crippen LogP contribution in [0.2, 0.25) is 0 Å². The molecule has 0 radical (unpaired) electrons. The zero-order valence-corrected chi connectivity index (χ0v) is 13.0. The van der Waals surface area contributed by atoms with Gasteiger partial charge < -0.3 is 14.4 Å². The molecule has 3 heterocycles. The molecule has 0 aromatic heterocycles. The van der Waals surface area contributed by atoms with Crippen LogP contribution >= 0.6 is 0 Å². The monoisotopic (exact) mass is 318 g/mol. The quantitative estimate of drug-likeness (QED) is 0.687. The first kappa shape index (κ1) is 15.2. The van der Waals surface area contributed by atoms with Crippen molar-refractivity contribution < 1.29 is 22.7 Å². The molecular formula is C13H22N2O5S. The average Bonchev–Trinajstić information content (AvgIpc) is 2.81. The average molecular weight is 318 g/mol. The Labute approximate surface area is 125 Å². The van der Waals surface area contributed by atoms with Crippen LogP contribution in [0.4, 0.5) is 0 Å². The molecule has 21 heavy (non-hydrogen) atoms. The molecule has 3 aliphatic rings. The van der Waals surface area contributed by atoms with Crippen molar-refractivity contribution in [1.29, 1.82) is 0 Å². The lowest BCUT2D eigenvalue weighted by Gasteiger charge is -2.33. The number of amides is 1. The number of carbonyl (C=O) groups excluding carboxylic acids is 1. The number of carbonyl (C=O) groups is 1. The van der Waals surface area contributed by atoms with Crippen molar-refractivity contribution in [1.82, 2.24) is 9.21 Å². The molecule has 3 rings (SSSR count). The second-order valence-corrected chi connectivity index (χ2v) is 8.05. The van der Waals surface area contributed by atoms with Gasteiger partial charge in [-0.25, -0.2) is 8.42 Å². The molecule has 0 spiro atoms. The summed E-state index contributed by atoms with van der Waals surface area (Å²) in [6, 6.07) is 0. The number of ether oxygens (including phenoxy) is 2. The van der Waals surface area contributed by atoms with Gasteiger partial charge in [0.15, 0.2) is 0 Å². The van der Waals surface area contributed by atoms with Crippen LogP contribution < -0.4 is 0 Å². The SMILES string of the molecule is CCS(=O)(=O)N1CC2CC(C(=O)N3CCOCC3)C(C1)O2. The second kappa shape index (κ2) is 5.83. The van der Waals surface area contributed by atoms with Crippen molar-refractivity contribution in [3.05, 3.63) is 0 Å². The smallest absolute Gasteiger partial charge is 0.228 e. The Morgan fingerprint density at radius 1 is 1.24 bits per heavy atom. The maximum atomic E-state index is 12.6. The molecule has 3 fully saturated rings. The van der Waals surface area contributed by atoms with Crippen molar-refractivity contribution in [2.75, 3.05) is 45.1 Å². The van der Waals surface area contributed by atoms with Crippen LogP contribution in [0.25, 0.3) is 0 Å². The minimum atomic E-state index is -3.21. The number of sulfonamides is 1. The molecule has 8 heteroatoms. The molecule has 0 N–H and O–H groups in total. The van der Waals surface area contributed by atoms with Crippen molar-refractivity contribution >= 4 is 15.9 Å². The number of fused-ring (bicyclic) bond motifs is 2. The molecule has 2 bridgehead atoms. The predicted octanol–water partition coefficient (Wildman–Crippen LogP) is -0.716. The molecule has 0 saturated carbocycles. The molecule has 3 atom stereocenters. The van der Waals surface area contributed by atoms with Crippen molar-refractivity contribution in [2.45, 2.75) is 25.6 Å². The Bertz CT molecular complexity index is 503. The molecule has 7 nitrogen and oxygen atoms in total. The van der Waals surface area contributed by atoms with E-state index in [1.54, 1.807) is 6.92 Å². The van der Waals surface area contributed by atoms with Crippen LogP contribution in [0.3, 0.4) is 0 Å². The summed E-state index contributed by atoms with van der Waals surface area (Å²) in [5.74, 6) is -0.0409. The summed E-state index contributed by atoms with van der Waals surface area (Å²) in [6.07, 6.45) is 0.164. The van der Waals surface area contributed by atoms with Gasteiger partial charge in [-0.1, -0.05) is 0 Å². The standard InChI is InChI=1S/C13H22N2O5S/c1-2-21(17,18)15-8-10-7-11(12(9-15)20-10)13(16)14-3-5-19-6-4-14/h10-12H,2-9H2,1H3. The minimum Gasteiger partial charge on any atom is -0.378 e. The van der Waals surface area contributed by atoms with Crippen LogP contribution in [0.1, 0.15) is 13.3 Å². The van der Waals surface area contributed by atoms with E-state index in [0.717, 1.165) is 0 Å². The van der Waals surface area contributed by atoms with Crippen molar-refractivity contribution in [2.24, 2.45) is 5.92 Å². The van der Waals surface area contributed by atoms with Crippen molar-refractivity contribution in [3.8, 4) is 0 Å². The van der Waals surface area contributed by atoms with E-state index in [9.17, 15) is 13.2 Å². The van der Waals surface area contributed by atoms with Crippen LogP contribution in [0, 0.1) is 5.92 Å². The highest BCUT2D eigenvalue weighted by Gasteiger charge is 2.48. The first-order valence-electron chi connectivity index (χ1n) is 7.51. The summed E-state index contributed by atoms with van der Waals surface area (Å²) in [5.41, 5.74) is 0. The van der Waals surface area contributed by atoms with E-state index < -0.39 is 10.0 Å². The summed E-state index contributed by atoms with van der Waals surface area (Å²) >= 11 is 0. The molecule has 0 aliphatic carbocycles. The topological polar surface area (TPSA) is 76.2 Å². The third-order valence-electron chi connectivity index (χ3n) is 4.52. The first-order chi connectivity index (χ1) is 10.0. The molecule has 0 aromatic carbocycles. The van der Waals surface area contributed by atoms with Crippen LogP contribution in [-0.4, -0.2) is 80.9 Å². The molecule has 3 unspecified atom stereocenters. The molecule has 0 aromatic rings. The highest BCUT2D eigenvalue weighted by Crippen LogP contribution is 2.34. The molecule has 120 valence electrons. The van der Waals surface area contributed by atoms with E-state index in [4.69, 9.17) is 9.47 Å². The predicted molar refractivity (Wildman–Crippen MR) is 75.2 cm³/mol. The third-order valence-corrected chi connectivity index (χ3v) is 6.34. The van der Waals surface area contributed by atoms with E-state index >= 15 is 0 Å². The van der Waals surface area contributed by atoms with Gasteiger partial charge in [-0.2, -0.15) is 4.31 Å². The van der Waals surface area contributed by atoms with E-state index in [1.165, 1.54) is 4.31 Å². The Balaban J connectivity index is 1.69. The van der Waals surface area contributed by atoms with E-state index in [0.29, 0.717) is 45.8 Å². The summed E-state index contributed by atoms with van der Waals surface area (Å²) in [4.78, 5) is 14.4. The van der Waals surface area contributed by atoms with Gasteiger partial charge in [-0.15, -0.1) is 0 Å². The van der Waals surface area contributed by atoms with Gasteiger partial charge in [0, 0.05) is 26.2 Å². The second-order valence-electron chi connectivity index (χ2n) is 5.79. The lowest BCUT2D eigenvalue weighted by Crippen LogP contribution is -2.49. The number of morpholine rings is 2. The van der Waals surface area contributed by atoms with E-state index in [-0.39, 0.29) is 29.8 Å². The number of hydrogen-bond donors (Lipinski definition) is 0. The highest BCUT2D eigenvalue weighted by molar-refractivity contribution is 7.89. The van der Waals surface area contributed by atoms with E-state index in [1.807, 2.05) is 4.90 Å². The van der Waals surface area contributed by atoms with Gasteiger partial charge >= 0.3 is 0 Å². The molecule has 3 aliphatic heterocycles. The van der Waals surface area contributed by atoms with Gasteiger partial charge in [-0.05, 0) is 13.3 Å². The van der Waals surface area contributed by atoms with Gasteiger partial charge in [0.1, 0.15) is 0 Å². The number of rotatable bonds is 3. The zero-order chi connectivity index (χ0) is 15.0. The lowest BCUT2D eigenvalue weighted by atomic mass is 9.98. The molecular weight excluding hydrogens is 296 g/mol. The summed E-state index contributed by atoms with van der Waals surface area (Å²) in [7, 11) is -3.21. The molecule has 1 amide bonds. The van der Waals surface area contributed by atoms with Gasteiger partial charge in [-0.3, -0.25) is 4.79 Å². The summed E-state index contributed by atoms with van der Waals surface area (Å²) in [6.45, 7) is 4.69. The summed E-state index contributed by atoms with van der Waals surface area (Å²) in [5, 5.41) is 0. The lowest BCUT2D eigenvalue weighted by molar-refractivity contribution is -0.142. The zero-order valence-electron chi connectivity index (χ0n) is 12.2. The highest BCUT2D eigenvalue weighted by atomic mass is 32.2. The van der Waals surface area contributed by atoms with Crippen LogP contribution in [0.5, 0.6) is 0 Å². The van der Waals surface area contributed by atoms with E-state index in [2.05, 4.69) is 0 Å². The summed E-state index contributed by atoms with van der Waals surface area (Å²) < 4.78 is 36.6. The fourth-order valence-corrected chi connectivity index (χ4v) is 4.44. The Kier molecular flexibility index (Phi) is 4.22. The maximum Gasteiger partial charge on any atom is 0.228 e. The van der Waals surface area contributed by atoms with Gasteiger partial charge in [0.25, 0.3) is 0 Å². The van der Waals surface area contributed by atoms with Crippen LogP contribution in [0.15, 0.2) is 0 Å². The maximum absolute atomic E-state index is 12.6. The molecule has 3 saturated heterocycles. The third kappa shape index (κ3) is 2.94. The van der Waals surface area contributed by atoms with Crippen LogP contribution in [-0.2, 0) is 24.3 Å². The van der Waals surface area contributed by atoms with Gasteiger partial charge in [0.2, 0.25) is 15.9 Å². The largest absolute Gasteiger partial charge is 0.378 e. The van der Waals surface area contributed by atoms with Gasteiger partial charge in [0.05, 0.1) is 37.1 Å². The first-order valence-corrected chi connectivity index (χ1v) is 9.12. The number of nitrogens with zero attached hydrogens (tertiary/aromatic N) is 2.